The fourth-order valence-corrected chi connectivity index (χ4v) is 3.18. The topological polar surface area (TPSA) is 79.1 Å². The average Bonchev–Trinajstić information content (AvgIpc) is 3.33. The second-order valence-electron chi connectivity index (χ2n) is 5.33. The molecule has 2 aromatic rings. The first-order valence-electron chi connectivity index (χ1n) is 7.34. The number of tetrazole rings is 1. The van der Waals surface area contributed by atoms with E-state index in [-0.39, 0.29) is 11.0 Å². The van der Waals surface area contributed by atoms with Crippen molar-refractivity contribution in [1.82, 2.24) is 20.2 Å². The molecule has 1 aliphatic rings. The number of hydrogen-bond donors (Lipinski definition) is 0. The Morgan fingerprint density at radius 2 is 2.04 bits per heavy atom. The van der Waals surface area contributed by atoms with E-state index in [1.807, 2.05) is 11.6 Å². The third kappa shape index (κ3) is 3.31. The maximum atomic E-state index is 12.6. The number of carbonyl (C=O) groups excluding carboxylic acids is 1. The predicted octanol–water partition coefficient (Wildman–Crippen LogP) is 2.39. The molecule has 8 heteroatoms. The number of hydrogen-bond acceptors (Lipinski definition) is 7. The number of carbonyl (C=O) groups is 1. The highest BCUT2D eigenvalue weighted by Crippen LogP contribution is 2.37. The monoisotopic (exact) mass is 334 g/mol. The molecule has 1 aromatic heterocycles. The van der Waals surface area contributed by atoms with Gasteiger partial charge in [-0.15, -0.1) is 5.10 Å². The van der Waals surface area contributed by atoms with E-state index < -0.39 is 0 Å². The molecule has 23 heavy (non-hydrogen) atoms. The molecule has 1 aromatic carbocycles. The normalized spacial score (nSPS) is 15.3. The lowest BCUT2D eigenvalue weighted by Crippen LogP contribution is -2.15. The Hall–Kier alpha value is -2.09. The molecule has 122 valence electrons. The van der Waals surface area contributed by atoms with Crippen molar-refractivity contribution >= 4 is 17.5 Å². The third-order valence-electron chi connectivity index (χ3n) is 3.67. The molecule has 1 aliphatic carbocycles. The molecule has 7 nitrogen and oxygen atoms in total. The van der Waals surface area contributed by atoms with Crippen molar-refractivity contribution in [2.75, 3.05) is 14.2 Å². The van der Waals surface area contributed by atoms with Gasteiger partial charge in [0.1, 0.15) is 0 Å². The fourth-order valence-electron chi connectivity index (χ4n) is 2.25. The highest BCUT2D eigenvalue weighted by molar-refractivity contribution is 8.00. The summed E-state index contributed by atoms with van der Waals surface area (Å²) in [6.07, 6.45) is 2.19. The molecule has 1 fully saturated rings. The van der Waals surface area contributed by atoms with E-state index in [4.69, 9.17) is 9.47 Å². The van der Waals surface area contributed by atoms with Crippen molar-refractivity contribution < 1.29 is 14.3 Å². The van der Waals surface area contributed by atoms with E-state index in [1.54, 1.807) is 32.4 Å². The lowest BCUT2D eigenvalue weighted by atomic mass is 10.1. The van der Waals surface area contributed by atoms with E-state index in [2.05, 4.69) is 15.5 Å². The van der Waals surface area contributed by atoms with E-state index in [9.17, 15) is 4.79 Å². The van der Waals surface area contributed by atoms with Gasteiger partial charge in [-0.2, -0.15) is 0 Å². The molecule has 0 aliphatic heterocycles. The molecule has 0 spiro atoms. The standard InChI is InChI=1S/C15H18N4O3S/c1-9(23-15-16-17-18-19(15)11-5-6-11)14(20)10-4-7-12(21-2)13(8-10)22-3/h4,7-9,11H,5-6H2,1-3H3/t9-/m1/s1. The average molecular weight is 334 g/mol. The Labute approximate surface area is 138 Å². The molecular formula is C15H18N4O3S. The maximum absolute atomic E-state index is 12.6. The summed E-state index contributed by atoms with van der Waals surface area (Å²) >= 11 is 1.38. The SMILES string of the molecule is COc1ccc(C(=O)[C@@H](C)Sc2nnnn2C2CC2)cc1OC. The highest BCUT2D eigenvalue weighted by Gasteiger charge is 2.29. The molecule has 0 N–H and O–H groups in total. The lowest BCUT2D eigenvalue weighted by molar-refractivity contribution is 0.0993. The number of nitrogens with zero attached hydrogens (tertiary/aromatic N) is 4. The molecule has 0 bridgehead atoms. The predicted molar refractivity (Wildman–Crippen MR) is 85.3 cm³/mol. The van der Waals surface area contributed by atoms with Gasteiger partial charge >= 0.3 is 0 Å². The van der Waals surface area contributed by atoms with Gasteiger partial charge in [-0.3, -0.25) is 4.79 Å². The summed E-state index contributed by atoms with van der Waals surface area (Å²) < 4.78 is 12.3. The van der Waals surface area contributed by atoms with Crippen LogP contribution >= 0.6 is 11.8 Å². The van der Waals surface area contributed by atoms with Gasteiger partial charge in [-0.05, 0) is 48.4 Å². The Kier molecular flexibility index (Phi) is 4.51. The summed E-state index contributed by atoms with van der Waals surface area (Å²) in [6, 6.07) is 5.56. The lowest BCUT2D eigenvalue weighted by Gasteiger charge is -2.12. The minimum atomic E-state index is -0.295. The first kappa shape index (κ1) is 15.8. The minimum absolute atomic E-state index is 0.00120. The van der Waals surface area contributed by atoms with Crippen LogP contribution in [-0.4, -0.2) is 45.5 Å². The van der Waals surface area contributed by atoms with Crippen LogP contribution in [0, 0.1) is 0 Å². The molecule has 0 unspecified atom stereocenters. The molecule has 1 atom stereocenters. The largest absolute Gasteiger partial charge is 0.493 e. The van der Waals surface area contributed by atoms with Gasteiger partial charge in [0, 0.05) is 5.56 Å². The van der Waals surface area contributed by atoms with Gasteiger partial charge < -0.3 is 9.47 Å². The molecule has 0 radical (unpaired) electrons. The molecule has 3 rings (SSSR count). The van der Waals surface area contributed by atoms with Crippen LogP contribution in [0.3, 0.4) is 0 Å². The minimum Gasteiger partial charge on any atom is -0.493 e. The van der Waals surface area contributed by atoms with Crippen molar-refractivity contribution in [3.8, 4) is 11.5 Å². The van der Waals surface area contributed by atoms with E-state index in [0.717, 1.165) is 12.8 Å². The number of thioether (sulfide) groups is 1. The molecular weight excluding hydrogens is 316 g/mol. The van der Waals surface area contributed by atoms with Crippen LogP contribution in [0.5, 0.6) is 11.5 Å². The zero-order valence-electron chi connectivity index (χ0n) is 13.2. The van der Waals surface area contributed by atoms with Crippen molar-refractivity contribution in [2.45, 2.75) is 36.2 Å². The van der Waals surface area contributed by atoms with E-state index in [0.29, 0.717) is 28.3 Å². The first-order valence-corrected chi connectivity index (χ1v) is 8.22. The quantitative estimate of drug-likeness (QED) is 0.568. The number of aromatic nitrogens is 4. The highest BCUT2D eigenvalue weighted by atomic mass is 32.2. The summed E-state index contributed by atoms with van der Waals surface area (Å²) in [7, 11) is 3.11. The number of rotatable bonds is 7. The van der Waals surface area contributed by atoms with Crippen LogP contribution in [0.4, 0.5) is 0 Å². The maximum Gasteiger partial charge on any atom is 0.210 e. The Morgan fingerprint density at radius 1 is 1.30 bits per heavy atom. The zero-order chi connectivity index (χ0) is 16.4. The smallest absolute Gasteiger partial charge is 0.210 e. The van der Waals surface area contributed by atoms with Gasteiger partial charge in [-0.1, -0.05) is 11.8 Å². The number of Topliss-reactive ketones (excluding diaryl/α,β-unsaturated/α-hetero) is 1. The summed E-state index contributed by atoms with van der Waals surface area (Å²) in [5.41, 5.74) is 0.577. The van der Waals surface area contributed by atoms with Gasteiger partial charge in [0.25, 0.3) is 0 Å². The van der Waals surface area contributed by atoms with Gasteiger partial charge in [0.2, 0.25) is 5.16 Å². The second-order valence-corrected chi connectivity index (χ2v) is 6.64. The number of ether oxygens (including phenoxy) is 2. The number of benzene rings is 1. The molecule has 1 heterocycles. The van der Waals surface area contributed by atoms with Crippen LogP contribution in [0.15, 0.2) is 23.4 Å². The number of ketones is 1. The van der Waals surface area contributed by atoms with Crippen molar-refractivity contribution in [2.24, 2.45) is 0 Å². The van der Waals surface area contributed by atoms with Crippen molar-refractivity contribution in [3.05, 3.63) is 23.8 Å². The van der Waals surface area contributed by atoms with Crippen LogP contribution in [0.25, 0.3) is 0 Å². The van der Waals surface area contributed by atoms with E-state index in [1.165, 1.54) is 11.8 Å². The van der Waals surface area contributed by atoms with Gasteiger partial charge in [-0.25, -0.2) is 4.68 Å². The van der Waals surface area contributed by atoms with Crippen LogP contribution < -0.4 is 9.47 Å². The Morgan fingerprint density at radius 3 is 2.70 bits per heavy atom. The van der Waals surface area contributed by atoms with Crippen molar-refractivity contribution in [1.29, 1.82) is 0 Å². The summed E-state index contributed by atoms with van der Waals surface area (Å²) in [6.45, 7) is 1.86. The number of methoxy groups -OCH3 is 2. The summed E-state index contributed by atoms with van der Waals surface area (Å²) in [5.74, 6) is 1.14. The fraction of sp³-hybridized carbons (Fsp3) is 0.467. The third-order valence-corrected chi connectivity index (χ3v) is 4.72. The van der Waals surface area contributed by atoms with Crippen LogP contribution in [-0.2, 0) is 0 Å². The summed E-state index contributed by atoms with van der Waals surface area (Å²) in [4.78, 5) is 12.6. The van der Waals surface area contributed by atoms with Gasteiger partial charge in [0.15, 0.2) is 17.3 Å². The van der Waals surface area contributed by atoms with Crippen molar-refractivity contribution in [3.63, 3.8) is 0 Å². The molecule has 0 amide bonds. The summed E-state index contributed by atoms with van der Waals surface area (Å²) in [5, 5.41) is 12.1. The Bertz CT molecular complexity index is 714. The van der Waals surface area contributed by atoms with Gasteiger partial charge in [0.05, 0.1) is 25.5 Å². The molecule has 0 saturated heterocycles. The first-order chi connectivity index (χ1) is 11.1. The zero-order valence-corrected chi connectivity index (χ0v) is 14.0. The van der Waals surface area contributed by atoms with Crippen LogP contribution in [0.1, 0.15) is 36.2 Å². The van der Waals surface area contributed by atoms with E-state index >= 15 is 0 Å². The molecule has 1 saturated carbocycles. The van der Waals surface area contributed by atoms with Crippen LogP contribution in [0.2, 0.25) is 0 Å². The second kappa shape index (κ2) is 6.57. The Balaban J connectivity index is 1.75.